The minimum Gasteiger partial charge on any atom is -0.437 e. The topological polar surface area (TPSA) is 80.7 Å². The van der Waals surface area contributed by atoms with Gasteiger partial charge in [-0.1, -0.05) is 6.92 Å². The Morgan fingerprint density at radius 3 is 2.13 bits per heavy atom. The van der Waals surface area contributed by atoms with Gasteiger partial charge in [-0.05, 0) is 0 Å². The van der Waals surface area contributed by atoms with Gasteiger partial charge in [0.2, 0.25) is 0 Å². The molecule has 0 fully saturated rings. The Hall–Kier alpha value is -0.660. The van der Waals surface area contributed by atoms with Gasteiger partial charge in [-0.3, -0.25) is 9.35 Å². The smallest absolute Gasteiger partial charge is 0.309 e. The molecule has 90 valence electrons. The number of quaternary nitrogens is 1. The molecule has 0 bridgehead atoms. The SMILES string of the molecule is CCC(=O)OC(C[N+](C)(C)C)S(=O)(=O)O. The quantitative estimate of drug-likeness (QED) is 0.411. The van der Waals surface area contributed by atoms with E-state index >= 15 is 0 Å². The molecule has 1 N–H and O–H groups in total. The maximum Gasteiger partial charge on any atom is 0.309 e. The van der Waals surface area contributed by atoms with Crippen molar-refractivity contribution in [3.63, 3.8) is 0 Å². The lowest BCUT2D eigenvalue weighted by molar-refractivity contribution is -0.871. The van der Waals surface area contributed by atoms with Crippen LogP contribution in [0.5, 0.6) is 0 Å². The van der Waals surface area contributed by atoms with Crippen molar-refractivity contribution in [2.45, 2.75) is 18.8 Å². The van der Waals surface area contributed by atoms with Crippen molar-refractivity contribution >= 4 is 16.1 Å². The fraction of sp³-hybridized carbons (Fsp3) is 0.875. The van der Waals surface area contributed by atoms with Crippen LogP contribution in [0.25, 0.3) is 0 Å². The molecule has 0 heterocycles. The molecule has 0 saturated heterocycles. The lowest BCUT2D eigenvalue weighted by atomic mass is 10.5. The lowest BCUT2D eigenvalue weighted by Gasteiger charge is -2.27. The number of ether oxygens (including phenoxy) is 1. The van der Waals surface area contributed by atoms with Crippen LogP contribution in [-0.4, -0.2) is 56.5 Å². The second kappa shape index (κ2) is 4.91. The number of likely N-dealkylation sites (N-methyl/N-ethyl adjacent to an activating group) is 1. The number of hydrogen-bond acceptors (Lipinski definition) is 4. The van der Waals surface area contributed by atoms with E-state index in [9.17, 15) is 13.2 Å². The van der Waals surface area contributed by atoms with Crippen molar-refractivity contribution in [1.82, 2.24) is 0 Å². The Morgan fingerprint density at radius 1 is 1.40 bits per heavy atom. The van der Waals surface area contributed by atoms with Crippen LogP contribution in [0.1, 0.15) is 13.3 Å². The number of esters is 1. The van der Waals surface area contributed by atoms with E-state index < -0.39 is 21.5 Å². The molecule has 0 spiro atoms. The van der Waals surface area contributed by atoms with Crippen LogP contribution < -0.4 is 0 Å². The van der Waals surface area contributed by atoms with Crippen LogP contribution in [0.2, 0.25) is 0 Å². The second-order valence-electron chi connectivity index (χ2n) is 4.26. The van der Waals surface area contributed by atoms with Gasteiger partial charge in [-0.15, -0.1) is 0 Å². The molecule has 0 rings (SSSR count). The Balaban J connectivity index is 4.70. The summed E-state index contributed by atoms with van der Waals surface area (Å²) in [6, 6.07) is 0. The third-order valence-corrected chi connectivity index (χ3v) is 2.49. The number of carbonyl (C=O) groups excluding carboxylic acids is 1. The summed E-state index contributed by atoms with van der Waals surface area (Å²) >= 11 is 0. The zero-order valence-corrected chi connectivity index (χ0v) is 10.2. The first-order valence-electron chi connectivity index (χ1n) is 4.52. The summed E-state index contributed by atoms with van der Waals surface area (Å²) in [5, 5.41) is 0. The van der Waals surface area contributed by atoms with Gasteiger partial charge < -0.3 is 9.22 Å². The summed E-state index contributed by atoms with van der Waals surface area (Å²) in [5.74, 6) is -0.647. The Morgan fingerprint density at radius 2 is 1.87 bits per heavy atom. The van der Waals surface area contributed by atoms with Gasteiger partial charge in [-0.25, -0.2) is 0 Å². The Bertz CT molecular complexity index is 316. The van der Waals surface area contributed by atoms with Crippen LogP contribution >= 0.6 is 0 Å². The molecule has 0 aromatic carbocycles. The monoisotopic (exact) mass is 240 g/mol. The maximum atomic E-state index is 11.0. The van der Waals surface area contributed by atoms with Gasteiger partial charge >= 0.3 is 16.1 Å². The minimum absolute atomic E-state index is 0.00454. The Labute approximate surface area is 90.2 Å². The standard InChI is InChI=1S/C8H17NO5S/c1-5-7(10)14-8(15(11,12)13)6-9(2,3)4/h8H,5-6H2,1-4H3/p+1. The molecule has 0 amide bonds. The number of hydrogen-bond donors (Lipinski definition) is 1. The van der Waals surface area contributed by atoms with Gasteiger partial charge in [0.1, 0.15) is 6.54 Å². The zero-order valence-electron chi connectivity index (χ0n) is 9.43. The molecular formula is C8H18NO5S+. The van der Waals surface area contributed by atoms with Gasteiger partial charge in [0.15, 0.2) is 0 Å². The molecule has 7 heteroatoms. The number of rotatable bonds is 5. The van der Waals surface area contributed by atoms with Gasteiger partial charge in [0, 0.05) is 6.42 Å². The van der Waals surface area contributed by atoms with Crippen molar-refractivity contribution in [2.24, 2.45) is 0 Å². The van der Waals surface area contributed by atoms with E-state index in [1.807, 2.05) is 0 Å². The largest absolute Gasteiger partial charge is 0.437 e. The van der Waals surface area contributed by atoms with Crippen molar-refractivity contribution < 1.29 is 27.0 Å². The lowest BCUT2D eigenvalue weighted by Crippen LogP contribution is -2.46. The van der Waals surface area contributed by atoms with E-state index in [2.05, 4.69) is 4.74 Å². The van der Waals surface area contributed by atoms with E-state index in [-0.39, 0.29) is 17.4 Å². The highest BCUT2D eigenvalue weighted by atomic mass is 32.2. The zero-order chi connectivity index (χ0) is 12.3. The summed E-state index contributed by atoms with van der Waals surface area (Å²) in [4.78, 5) is 11.0. The molecule has 1 atom stereocenters. The van der Waals surface area contributed by atoms with E-state index in [4.69, 9.17) is 4.55 Å². The summed E-state index contributed by atoms with van der Waals surface area (Å²) in [5.41, 5.74) is -1.50. The highest BCUT2D eigenvalue weighted by Gasteiger charge is 2.32. The van der Waals surface area contributed by atoms with Crippen LogP contribution in [0.15, 0.2) is 0 Å². The van der Waals surface area contributed by atoms with Crippen molar-refractivity contribution in [1.29, 1.82) is 0 Å². The average molecular weight is 240 g/mol. The molecule has 0 aliphatic carbocycles. The summed E-state index contributed by atoms with van der Waals surface area (Å²) < 4.78 is 35.6. The molecule has 0 radical (unpaired) electrons. The molecule has 0 aromatic heterocycles. The molecule has 6 nitrogen and oxygen atoms in total. The molecule has 0 saturated carbocycles. The van der Waals surface area contributed by atoms with Crippen molar-refractivity contribution in [3.8, 4) is 0 Å². The first-order valence-corrected chi connectivity index (χ1v) is 6.03. The predicted octanol–water partition coefficient (Wildman–Crippen LogP) is -0.140. The maximum absolute atomic E-state index is 11.0. The summed E-state index contributed by atoms with van der Waals surface area (Å²) in [6.45, 7) is 1.56. The first-order chi connectivity index (χ1) is 6.56. The van der Waals surface area contributed by atoms with Crippen LogP contribution in [-0.2, 0) is 19.6 Å². The van der Waals surface area contributed by atoms with E-state index in [0.717, 1.165) is 0 Å². The molecular weight excluding hydrogens is 222 g/mol. The first kappa shape index (κ1) is 14.3. The third-order valence-electron chi connectivity index (χ3n) is 1.58. The molecule has 15 heavy (non-hydrogen) atoms. The molecule has 0 aromatic rings. The van der Waals surface area contributed by atoms with Gasteiger partial charge in [0.25, 0.3) is 5.44 Å². The number of carbonyl (C=O) groups is 1. The van der Waals surface area contributed by atoms with E-state index in [0.29, 0.717) is 0 Å². The van der Waals surface area contributed by atoms with Crippen LogP contribution in [0.3, 0.4) is 0 Å². The Kier molecular flexibility index (Phi) is 4.69. The predicted molar refractivity (Wildman–Crippen MR) is 54.6 cm³/mol. The molecule has 0 aliphatic rings. The summed E-state index contributed by atoms with van der Waals surface area (Å²) in [7, 11) is 0.840. The molecule has 1 unspecified atom stereocenters. The van der Waals surface area contributed by atoms with Crippen molar-refractivity contribution in [2.75, 3.05) is 27.7 Å². The fourth-order valence-corrected chi connectivity index (χ4v) is 1.73. The van der Waals surface area contributed by atoms with Crippen LogP contribution in [0.4, 0.5) is 0 Å². The summed E-state index contributed by atoms with van der Waals surface area (Å²) in [6.07, 6.45) is 0.0726. The highest BCUT2D eigenvalue weighted by Crippen LogP contribution is 2.07. The highest BCUT2D eigenvalue weighted by molar-refractivity contribution is 7.86. The van der Waals surface area contributed by atoms with Crippen LogP contribution in [0, 0.1) is 0 Å². The number of nitrogens with zero attached hydrogens (tertiary/aromatic N) is 1. The second-order valence-corrected chi connectivity index (χ2v) is 5.82. The normalized spacial score (nSPS) is 14.7. The van der Waals surface area contributed by atoms with Gasteiger partial charge in [-0.2, -0.15) is 8.42 Å². The third kappa shape index (κ3) is 6.43. The van der Waals surface area contributed by atoms with Crippen molar-refractivity contribution in [3.05, 3.63) is 0 Å². The fourth-order valence-electron chi connectivity index (χ4n) is 0.869. The van der Waals surface area contributed by atoms with Gasteiger partial charge in [0.05, 0.1) is 21.1 Å². The average Bonchev–Trinajstić information content (AvgIpc) is 1.98. The minimum atomic E-state index is -4.36. The van der Waals surface area contributed by atoms with E-state index in [1.165, 1.54) is 0 Å². The van der Waals surface area contributed by atoms with E-state index in [1.54, 1.807) is 28.1 Å². The molecule has 0 aliphatic heterocycles.